The van der Waals surface area contributed by atoms with Gasteiger partial charge in [0, 0.05) is 19.1 Å². The topological polar surface area (TPSA) is 32.7 Å². The molecule has 0 bridgehead atoms. The van der Waals surface area contributed by atoms with Crippen LogP contribution in [-0.2, 0) is 4.74 Å². The first kappa shape index (κ1) is 12.3. The Kier molecular flexibility index (Phi) is 5.07. The second-order valence-electron chi connectivity index (χ2n) is 5.26. The van der Waals surface area contributed by atoms with Crippen LogP contribution in [0.25, 0.3) is 0 Å². The van der Waals surface area contributed by atoms with E-state index in [1.54, 1.807) is 0 Å². The summed E-state index contributed by atoms with van der Waals surface area (Å²) < 4.78 is 5.33. The molecule has 2 heterocycles. The minimum absolute atomic E-state index is 0.179. The lowest BCUT2D eigenvalue weighted by Gasteiger charge is -2.28. The third-order valence-electron chi connectivity index (χ3n) is 3.90. The summed E-state index contributed by atoms with van der Waals surface area (Å²) in [6, 6.07) is 0. The van der Waals surface area contributed by atoms with E-state index < -0.39 is 0 Å². The van der Waals surface area contributed by atoms with E-state index in [0.29, 0.717) is 5.92 Å². The van der Waals surface area contributed by atoms with Gasteiger partial charge in [-0.15, -0.1) is 0 Å². The van der Waals surface area contributed by atoms with Crippen molar-refractivity contribution in [2.75, 3.05) is 32.8 Å². The Morgan fingerprint density at radius 2 is 1.81 bits per heavy atom. The maximum atomic E-state index is 10.1. The van der Waals surface area contributed by atoms with E-state index in [1.165, 1.54) is 45.2 Å². The van der Waals surface area contributed by atoms with Gasteiger partial charge in [0.15, 0.2) is 0 Å². The maximum Gasteiger partial charge on any atom is 0.0718 e. The molecule has 16 heavy (non-hydrogen) atoms. The van der Waals surface area contributed by atoms with Crippen LogP contribution in [-0.4, -0.2) is 49.0 Å². The maximum absolute atomic E-state index is 10.1. The average molecular weight is 227 g/mol. The monoisotopic (exact) mass is 227 g/mol. The zero-order valence-corrected chi connectivity index (χ0v) is 10.2. The first-order valence-corrected chi connectivity index (χ1v) is 6.84. The molecule has 2 aliphatic rings. The molecule has 0 spiro atoms. The molecule has 94 valence electrons. The number of ether oxygens (including phenoxy) is 1. The van der Waals surface area contributed by atoms with Crippen LogP contribution < -0.4 is 0 Å². The molecule has 0 amide bonds. The van der Waals surface area contributed by atoms with Crippen LogP contribution in [0.4, 0.5) is 0 Å². The molecule has 0 aromatic carbocycles. The highest BCUT2D eigenvalue weighted by Gasteiger charge is 2.25. The molecular formula is C13H25NO2. The van der Waals surface area contributed by atoms with Crippen LogP contribution >= 0.6 is 0 Å². The minimum atomic E-state index is -0.179. The van der Waals surface area contributed by atoms with Gasteiger partial charge in [0.1, 0.15) is 0 Å². The van der Waals surface area contributed by atoms with Crippen molar-refractivity contribution in [3.63, 3.8) is 0 Å². The molecule has 2 aliphatic heterocycles. The van der Waals surface area contributed by atoms with E-state index in [9.17, 15) is 5.11 Å². The third-order valence-corrected chi connectivity index (χ3v) is 3.90. The summed E-state index contributed by atoms with van der Waals surface area (Å²) in [6.07, 6.45) is 7.57. The van der Waals surface area contributed by atoms with Crippen LogP contribution in [0.5, 0.6) is 0 Å². The van der Waals surface area contributed by atoms with E-state index >= 15 is 0 Å². The Labute approximate surface area is 98.8 Å². The predicted molar refractivity (Wildman–Crippen MR) is 64.5 cm³/mol. The summed E-state index contributed by atoms with van der Waals surface area (Å²) in [5.41, 5.74) is 0. The predicted octanol–water partition coefficient (Wildman–Crippen LogP) is 1.65. The number of likely N-dealkylation sites (tertiary alicyclic amines) is 1. The average Bonchev–Trinajstić information content (AvgIpc) is 2.74. The van der Waals surface area contributed by atoms with E-state index in [4.69, 9.17) is 4.74 Å². The molecule has 2 fully saturated rings. The van der Waals surface area contributed by atoms with Crippen molar-refractivity contribution in [2.24, 2.45) is 5.92 Å². The third kappa shape index (κ3) is 3.72. The normalized spacial score (nSPS) is 30.9. The van der Waals surface area contributed by atoms with Gasteiger partial charge in [-0.05, 0) is 32.4 Å². The molecule has 0 saturated carbocycles. The number of β-amino-alcohol motifs (C(OH)–C–C–N with tert-alkyl or cyclic N) is 1. The van der Waals surface area contributed by atoms with Crippen molar-refractivity contribution in [3.8, 4) is 0 Å². The van der Waals surface area contributed by atoms with E-state index in [0.717, 1.165) is 26.2 Å². The zero-order valence-electron chi connectivity index (χ0n) is 10.2. The summed E-state index contributed by atoms with van der Waals surface area (Å²) >= 11 is 0. The molecule has 3 heteroatoms. The zero-order chi connectivity index (χ0) is 11.2. The Hall–Kier alpha value is -0.120. The number of nitrogens with zero attached hydrogens (tertiary/aromatic N) is 1. The SMILES string of the molecule is OC(CN1CCCCCCC1)C1CCOC1. The van der Waals surface area contributed by atoms with Gasteiger partial charge in [0.25, 0.3) is 0 Å². The quantitative estimate of drug-likeness (QED) is 0.796. The second kappa shape index (κ2) is 6.58. The van der Waals surface area contributed by atoms with Crippen molar-refractivity contribution in [1.82, 2.24) is 4.90 Å². The molecule has 2 atom stereocenters. The molecule has 1 N–H and O–H groups in total. The van der Waals surface area contributed by atoms with Gasteiger partial charge in [-0.3, -0.25) is 0 Å². The van der Waals surface area contributed by atoms with Gasteiger partial charge in [0.05, 0.1) is 12.7 Å². The smallest absolute Gasteiger partial charge is 0.0718 e. The number of aliphatic hydroxyl groups excluding tert-OH is 1. The van der Waals surface area contributed by atoms with Gasteiger partial charge in [-0.25, -0.2) is 0 Å². The first-order valence-electron chi connectivity index (χ1n) is 6.84. The van der Waals surface area contributed by atoms with Crippen LogP contribution in [0.3, 0.4) is 0 Å². The van der Waals surface area contributed by atoms with Crippen molar-refractivity contribution >= 4 is 0 Å². The number of aliphatic hydroxyl groups is 1. The molecule has 0 aliphatic carbocycles. The first-order chi connectivity index (χ1) is 7.86. The van der Waals surface area contributed by atoms with Gasteiger partial charge >= 0.3 is 0 Å². The van der Waals surface area contributed by atoms with Crippen LogP contribution in [0.15, 0.2) is 0 Å². The Bertz CT molecular complexity index is 184. The number of hydrogen-bond acceptors (Lipinski definition) is 3. The van der Waals surface area contributed by atoms with Crippen molar-refractivity contribution in [1.29, 1.82) is 0 Å². The second-order valence-corrected chi connectivity index (χ2v) is 5.26. The summed E-state index contributed by atoms with van der Waals surface area (Å²) in [5.74, 6) is 0.380. The van der Waals surface area contributed by atoms with Gasteiger partial charge in [0.2, 0.25) is 0 Å². The largest absolute Gasteiger partial charge is 0.391 e. The van der Waals surface area contributed by atoms with Crippen LogP contribution in [0.1, 0.15) is 38.5 Å². The molecule has 2 saturated heterocycles. The molecular weight excluding hydrogens is 202 g/mol. The standard InChI is InChI=1S/C13H25NO2/c15-13(12-6-9-16-11-12)10-14-7-4-2-1-3-5-8-14/h12-13,15H,1-11H2. The van der Waals surface area contributed by atoms with Gasteiger partial charge < -0.3 is 14.7 Å². The van der Waals surface area contributed by atoms with Gasteiger partial charge in [-0.1, -0.05) is 19.3 Å². The Balaban J connectivity index is 1.73. The fraction of sp³-hybridized carbons (Fsp3) is 1.00. The fourth-order valence-electron chi connectivity index (χ4n) is 2.77. The molecule has 0 aromatic heterocycles. The molecule has 2 rings (SSSR count). The highest BCUT2D eigenvalue weighted by atomic mass is 16.5. The molecule has 3 nitrogen and oxygen atoms in total. The minimum Gasteiger partial charge on any atom is -0.391 e. The Morgan fingerprint density at radius 1 is 1.12 bits per heavy atom. The lowest BCUT2D eigenvalue weighted by molar-refractivity contribution is 0.0534. The molecule has 2 unspecified atom stereocenters. The van der Waals surface area contributed by atoms with Crippen molar-refractivity contribution in [3.05, 3.63) is 0 Å². The summed E-state index contributed by atoms with van der Waals surface area (Å²) in [6.45, 7) is 4.79. The lowest BCUT2D eigenvalue weighted by atomic mass is 10.0. The summed E-state index contributed by atoms with van der Waals surface area (Å²) in [5, 5.41) is 10.1. The molecule has 0 radical (unpaired) electrons. The van der Waals surface area contributed by atoms with Gasteiger partial charge in [-0.2, -0.15) is 0 Å². The molecule has 0 aromatic rings. The Morgan fingerprint density at radius 3 is 2.44 bits per heavy atom. The number of hydrogen-bond donors (Lipinski definition) is 1. The lowest BCUT2D eigenvalue weighted by Crippen LogP contribution is -2.38. The van der Waals surface area contributed by atoms with E-state index in [1.807, 2.05) is 0 Å². The highest BCUT2D eigenvalue weighted by Crippen LogP contribution is 2.18. The summed E-state index contributed by atoms with van der Waals surface area (Å²) in [7, 11) is 0. The van der Waals surface area contributed by atoms with Crippen molar-refractivity contribution < 1.29 is 9.84 Å². The highest BCUT2D eigenvalue weighted by molar-refractivity contribution is 4.76. The van der Waals surface area contributed by atoms with Crippen molar-refractivity contribution in [2.45, 2.75) is 44.6 Å². The van der Waals surface area contributed by atoms with E-state index in [-0.39, 0.29) is 6.10 Å². The number of rotatable bonds is 3. The van der Waals surface area contributed by atoms with Crippen LogP contribution in [0, 0.1) is 5.92 Å². The summed E-state index contributed by atoms with van der Waals surface area (Å²) in [4.78, 5) is 2.45. The van der Waals surface area contributed by atoms with Crippen LogP contribution in [0.2, 0.25) is 0 Å². The van der Waals surface area contributed by atoms with E-state index in [2.05, 4.69) is 4.90 Å². The fourth-order valence-corrected chi connectivity index (χ4v) is 2.77.